The maximum absolute atomic E-state index is 12.7. The lowest BCUT2D eigenvalue weighted by atomic mass is 9.76. The van der Waals surface area contributed by atoms with E-state index in [1.165, 1.54) is 5.56 Å². The van der Waals surface area contributed by atoms with E-state index in [2.05, 4.69) is 23.2 Å². The normalized spacial score (nSPS) is 18.0. The summed E-state index contributed by atoms with van der Waals surface area (Å²) in [5.41, 5.74) is 4.98. The minimum atomic E-state index is -0.510. The molecule has 2 aliphatic rings. The maximum Gasteiger partial charge on any atom is 0.410 e. The fourth-order valence-electron chi connectivity index (χ4n) is 5.47. The van der Waals surface area contributed by atoms with Gasteiger partial charge in [0.15, 0.2) is 0 Å². The average Bonchev–Trinajstić information content (AvgIpc) is 3.26. The Kier molecular flexibility index (Phi) is 7.10. The molecule has 0 spiro atoms. The summed E-state index contributed by atoms with van der Waals surface area (Å²) in [6.45, 7) is 7.41. The quantitative estimate of drug-likeness (QED) is 0.473. The first-order valence-corrected chi connectivity index (χ1v) is 13.2. The predicted molar refractivity (Wildman–Crippen MR) is 144 cm³/mol. The molecular weight excluding hydrogens is 488 g/mol. The highest BCUT2D eigenvalue weighted by atomic mass is 35.5. The van der Waals surface area contributed by atoms with Gasteiger partial charge in [-0.1, -0.05) is 23.7 Å². The Hall–Kier alpha value is -3.16. The third-order valence-electron chi connectivity index (χ3n) is 7.14. The number of carbonyl (C=O) groups is 1. The summed E-state index contributed by atoms with van der Waals surface area (Å²) >= 11 is 6.53. The molecule has 1 aliphatic heterocycles. The second-order valence-corrected chi connectivity index (χ2v) is 11.2. The van der Waals surface area contributed by atoms with Gasteiger partial charge in [-0.2, -0.15) is 0 Å². The van der Waals surface area contributed by atoms with Crippen molar-refractivity contribution in [3.05, 3.63) is 82.2 Å². The standard InChI is InChI=1S/C29H33ClN4O3/c1-29(2,3)37-28(36)33-12-8-19(9-13-33)26-23-7-6-22(30)16-24(23)21(15-20-5-4-10-32-27(20)26)17-34-14-11-31-25(34)18-35/h4-7,10-11,14-16,19,26,35H,8-9,12-13,17-18H2,1-3H3. The smallest absolute Gasteiger partial charge is 0.410 e. The molecule has 3 aromatic rings. The lowest BCUT2D eigenvalue weighted by molar-refractivity contribution is 0.0178. The van der Waals surface area contributed by atoms with E-state index in [9.17, 15) is 9.90 Å². The number of aliphatic hydroxyl groups is 1. The van der Waals surface area contributed by atoms with Crippen LogP contribution in [0.3, 0.4) is 0 Å². The number of rotatable bonds is 4. The van der Waals surface area contributed by atoms with E-state index < -0.39 is 5.60 Å². The van der Waals surface area contributed by atoms with E-state index in [0.717, 1.165) is 35.2 Å². The molecule has 194 valence electrons. The molecule has 1 unspecified atom stereocenters. The van der Waals surface area contributed by atoms with Gasteiger partial charge >= 0.3 is 6.09 Å². The molecule has 0 saturated carbocycles. The molecule has 1 atom stereocenters. The molecule has 37 heavy (non-hydrogen) atoms. The highest BCUT2D eigenvalue weighted by molar-refractivity contribution is 6.30. The van der Waals surface area contributed by atoms with Crippen LogP contribution in [0.5, 0.6) is 0 Å². The molecule has 1 aliphatic carbocycles. The number of piperidine rings is 1. The Bertz CT molecular complexity index is 1320. The van der Waals surface area contributed by atoms with Gasteiger partial charge in [0.1, 0.15) is 18.0 Å². The maximum atomic E-state index is 12.7. The largest absolute Gasteiger partial charge is 0.444 e. The van der Waals surface area contributed by atoms with Crippen LogP contribution in [0.2, 0.25) is 5.02 Å². The number of ether oxygens (including phenoxy) is 1. The van der Waals surface area contributed by atoms with Gasteiger partial charge in [0.05, 0.1) is 5.69 Å². The van der Waals surface area contributed by atoms with Crippen LogP contribution < -0.4 is 0 Å². The zero-order valence-corrected chi connectivity index (χ0v) is 22.3. The molecule has 7 nitrogen and oxygen atoms in total. The van der Waals surface area contributed by atoms with Crippen LogP contribution >= 0.6 is 11.6 Å². The van der Waals surface area contributed by atoms with Crippen LogP contribution in [0, 0.1) is 5.92 Å². The number of aliphatic hydroxyl groups excluding tert-OH is 1. The highest BCUT2D eigenvalue weighted by Gasteiger charge is 2.36. The molecule has 1 N–H and O–H groups in total. The number of imidazole rings is 1. The van der Waals surface area contributed by atoms with Crippen molar-refractivity contribution < 1.29 is 14.6 Å². The Labute approximate surface area is 222 Å². The van der Waals surface area contributed by atoms with E-state index in [0.29, 0.717) is 36.4 Å². The topological polar surface area (TPSA) is 80.5 Å². The zero-order chi connectivity index (χ0) is 26.2. The van der Waals surface area contributed by atoms with Crippen molar-refractivity contribution in [2.24, 2.45) is 5.92 Å². The number of fused-ring (bicyclic) bond motifs is 2. The van der Waals surface area contributed by atoms with Crippen molar-refractivity contribution in [2.75, 3.05) is 13.1 Å². The summed E-state index contributed by atoms with van der Waals surface area (Å²) in [6, 6.07) is 10.2. The number of hydrogen-bond acceptors (Lipinski definition) is 5. The third-order valence-corrected chi connectivity index (χ3v) is 7.37. The molecule has 1 aromatic carbocycles. The summed E-state index contributed by atoms with van der Waals surface area (Å²) in [4.78, 5) is 23.7. The Morgan fingerprint density at radius 1 is 1.16 bits per heavy atom. The van der Waals surface area contributed by atoms with Gasteiger partial charge in [0, 0.05) is 49.2 Å². The van der Waals surface area contributed by atoms with Crippen molar-refractivity contribution in [2.45, 2.75) is 58.3 Å². The molecule has 3 heterocycles. The van der Waals surface area contributed by atoms with Crippen molar-refractivity contribution >= 4 is 29.3 Å². The second kappa shape index (κ2) is 10.3. The number of pyridine rings is 1. The van der Waals surface area contributed by atoms with Crippen molar-refractivity contribution in [3.63, 3.8) is 0 Å². The monoisotopic (exact) mass is 520 g/mol. The van der Waals surface area contributed by atoms with E-state index in [1.807, 2.05) is 60.8 Å². The second-order valence-electron chi connectivity index (χ2n) is 10.8. The number of benzene rings is 1. The van der Waals surface area contributed by atoms with Gasteiger partial charge < -0.3 is 19.3 Å². The zero-order valence-electron chi connectivity index (χ0n) is 21.5. The summed E-state index contributed by atoms with van der Waals surface area (Å²) in [7, 11) is 0. The molecule has 0 bridgehead atoms. The SMILES string of the molecule is CC(C)(C)OC(=O)N1CCC(C2c3ccc(Cl)cc3C(Cn3ccnc3CO)=Cc3cccnc32)CC1. The average molecular weight is 521 g/mol. The summed E-state index contributed by atoms with van der Waals surface area (Å²) in [5.74, 6) is 0.991. The minimum absolute atomic E-state index is 0.0677. The number of hydrogen-bond donors (Lipinski definition) is 1. The summed E-state index contributed by atoms with van der Waals surface area (Å²) in [5, 5.41) is 10.4. The Morgan fingerprint density at radius 2 is 1.95 bits per heavy atom. The first-order chi connectivity index (χ1) is 17.7. The van der Waals surface area contributed by atoms with Gasteiger partial charge in [0.25, 0.3) is 0 Å². The molecule has 0 radical (unpaired) electrons. The fraction of sp³-hybridized carbons (Fsp3) is 0.414. The molecule has 1 fully saturated rings. The Balaban J connectivity index is 1.50. The van der Waals surface area contributed by atoms with Gasteiger partial charge in [-0.05, 0) is 86.1 Å². The highest BCUT2D eigenvalue weighted by Crippen LogP contribution is 2.45. The lowest BCUT2D eigenvalue weighted by Gasteiger charge is -2.37. The predicted octanol–water partition coefficient (Wildman–Crippen LogP) is 5.76. The van der Waals surface area contributed by atoms with E-state index in [4.69, 9.17) is 21.3 Å². The first kappa shape index (κ1) is 25.5. The molecule has 2 aromatic heterocycles. The number of likely N-dealkylation sites (tertiary alicyclic amines) is 1. The van der Waals surface area contributed by atoms with Gasteiger partial charge in [-0.25, -0.2) is 9.78 Å². The van der Waals surface area contributed by atoms with Crippen LogP contribution in [0.4, 0.5) is 4.79 Å². The Morgan fingerprint density at radius 3 is 2.68 bits per heavy atom. The molecule has 1 amide bonds. The number of nitrogens with zero attached hydrogens (tertiary/aromatic N) is 4. The summed E-state index contributed by atoms with van der Waals surface area (Å²) < 4.78 is 7.58. The molecule has 1 saturated heterocycles. The molecular formula is C29H33ClN4O3. The number of aromatic nitrogens is 3. The number of amides is 1. The summed E-state index contributed by atoms with van der Waals surface area (Å²) in [6.07, 6.45) is 9.10. The molecule has 5 rings (SSSR count). The van der Waals surface area contributed by atoms with Crippen molar-refractivity contribution in [3.8, 4) is 0 Å². The lowest BCUT2D eigenvalue weighted by Crippen LogP contribution is -2.42. The number of carbonyl (C=O) groups excluding carboxylic acids is 1. The van der Waals surface area contributed by atoms with Crippen molar-refractivity contribution in [1.29, 1.82) is 0 Å². The van der Waals surface area contributed by atoms with Crippen LogP contribution in [0.15, 0.2) is 48.9 Å². The third kappa shape index (κ3) is 5.43. The first-order valence-electron chi connectivity index (χ1n) is 12.8. The van der Waals surface area contributed by atoms with Crippen LogP contribution in [-0.2, 0) is 17.9 Å². The van der Waals surface area contributed by atoms with E-state index >= 15 is 0 Å². The van der Waals surface area contributed by atoms with Gasteiger partial charge in [-0.15, -0.1) is 0 Å². The van der Waals surface area contributed by atoms with Gasteiger partial charge in [0.2, 0.25) is 0 Å². The van der Waals surface area contributed by atoms with Crippen LogP contribution in [0.1, 0.15) is 67.7 Å². The molecule has 8 heteroatoms. The minimum Gasteiger partial charge on any atom is -0.444 e. The van der Waals surface area contributed by atoms with Gasteiger partial charge in [-0.3, -0.25) is 4.98 Å². The van der Waals surface area contributed by atoms with Crippen LogP contribution in [-0.4, -0.2) is 49.3 Å². The number of allylic oxidation sites excluding steroid dienone is 1. The fourth-order valence-corrected chi connectivity index (χ4v) is 5.64. The van der Waals surface area contributed by atoms with E-state index in [1.54, 1.807) is 6.20 Å². The number of halogens is 1. The van der Waals surface area contributed by atoms with Crippen LogP contribution in [0.25, 0.3) is 11.6 Å². The van der Waals surface area contributed by atoms with Crippen molar-refractivity contribution in [1.82, 2.24) is 19.4 Å². The van der Waals surface area contributed by atoms with E-state index in [-0.39, 0.29) is 18.6 Å².